The zero-order valence-electron chi connectivity index (χ0n) is 11.2. The summed E-state index contributed by atoms with van der Waals surface area (Å²) in [5.74, 6) is 1.15. The van der Waals surface area contributed by atoms with Crippen LogP contribution in [0.3, 0.4) is 0 Å². The average molecular weight is 269 g/mol. The van der Waals surface area contributed by atoms with Crippen LogP contribution in [0.15, 0.2) is 11.4 Å². The molecule has 1 heterocycles. The number of hydrogen-bond acceptors (Lipinski definition) is 6. The fourth-order valence-electron chi connectivity index (χ4n) is 1.51. The maximum Gasteiger partial charge on any atom is 0.316 e. The van der Waals surface area contributed by atoms with Gasteiger partial charge in [-0.25, -0.2) is 9.97 Å². The van der Waals surface area contributed by atoms with E-state index in [1.807, 2.05) is 6.92 Å². The first-order chi connectivity index (χ1) is 8.60. The van der Waals surface area contributed by atoms with Gasteiger partial charge in [-0.15, -0.1) is 0 Å². The summed E-state index contributed by atoms with van der Waals surface area (Å²) in [6.45, 7) is 6.99. The van der Waals surface area contributed by atoms with Crippen molar-refractivity contribution in [2.45, 2.75) is 31.7 Å². The molecule has 1 aromatic rings. The van der Waals surface area contributed by atoms with Gasteiger partial charge in [0.25, 0.3) is 0 Å². The highest BCUT2D eigenvalue weighted by molar-refractivity contribution is 7.99. The van der Waals surface area contributed by atoms with Gasteiger partial charge in [-0.2, -0.15) is 0 Å². The van der Waals surface area contributed by atoms with Crippen molar-refractivity contribution in [1.82, 2.24) is 9.97 Å². The summed E-state index contributed by atoms with van der Waals surface area (Å²) < 4.78 is 4.63. The lowest BCUT2D eigenvalue weighted by molar-refractivity contribution is -0.137. The van der Waals surface area contributed by atoms with Crippen LogP contribution in [0.5, 0.6) is 0 Å². The first kappa shape index (κ1) is 14.8. The minimum Gasteiger partial charge on any atom is -0.468 e. The zero-order chi connectivity index (χ0) is 13.5. The van der Waals surface area contributed by atoms with Crippen molar-refractivity contribution >= 4 is 23.5 Å². The highest BCUT2D eigenvalue weighted by Gasteiger charge is 2.16. The van der Waals surface area contributed by atoms with Crippen LogP contribution in [0.4, 0.5) is 5.82 Å². The molecule has 100 valence electrons. The zero-order valence-corrected chi connectivity index (χ0v) is 12.0. The van der Waals surface area contributed by atoms with Crippen LogP contribution in [0.1, 0.15) is 32.3 Å². The molecule has 0 fully saturated rings. The first-order valence-electron chi connectivity index (χ1n) is 5.88. The van der Waals surface area contributed by atoms with Crippen LogP contribution in [-0.4, -0.2) is 35.3 Å². The molecule has 0 bridgehead atoms. The first-order valence-corrected chi connectivity index (χ1v) is 6.87. The summed E-state index contributed by atoms with van der Waals surface area (Å²) in [6, 6.07) is 0. The van der Waals surface area contributed by atoms with Gasteiger partial charge < -0.3 is 10.1 Å². The highest BCUT2D eigenvalue weighted by atomic mass is 32.2. The molecule has 1 N–H and O–H groups in total. The summed E-state index contributed by atoms with van der Waals surface area (Å²) in [7, 11) is 1.39. The molecule has 0 aliphatic heterocycles. The third-order valence-corrected chi connectivity index (χ3v) is 3.30. The Bertz CT molecular complexity index is 410. The van der Waals surface area contributed by atoms with Gasteiger partial charge in [0.2, 0.25) is 0 Å². The molecular formula is C12H19N3O2S. The van der Waals surface area contributed by atoms with E-state index in [9.17, 15) is 4.79 Å². The molecule has 0 saturated carbocycles. The molecule has 0 amide bonds. The van der Waals surface area contributed by atoms with E-state index in [0.29, 0.717) is 5.92 Å². The molecule has 0 radical (unpaired) electrons. The number of anilines is 1. The van der Waals surface area contributed by atoms with Gasteiger partial charge in [-0.05, 0) is 12.8 Å². The molecule has 1 rings (SSSR count). The molecule has 0 atom stereocenters. The fraction of sp³-hybridized carbons (Fsp3) is 0.583. The molecule has 18 heavy (non-hydrogen) atoms. The van der Waals surface area contributed by atoms with Gasteiger partial charge in [0.15, 0.2) is 0 Å². The number of carbonyl (C=O) groups is 1. The number of methoxy groups -OCH3 is 1. The molecule has 0 spiro atoms. The molecule has 0 aromatic carbocycles. The van der Waals surface area contributed by atoms with Crippen molar-refractivity contribution in [3.63, 3.8) is 0 Å². The molecule has 0 aliphatic rings. The Kier molecular flexibility index (Phi) is 5.91. The lowest BCUT2D eigenvalue weighted by Crippen LogP contribution is -2.09. The van der Waals surface area contributed by atoms with E-state index in [-0.39, 0.29) is 11.7 Å². The Balaban J connectivity index is 2.95. The monoisotopic (exact) mass is 269 g/mol. The maximum absolute atomic E-state index is 11.2. The number of nitrogens with one attached hydrogen (secondary N) is 1. The van der Waals surface area contributed by atoms with Crippen LogP contribution in [0.2, 0.25) is 0 Å². The predicted octanol–water partition coefficient (Wildman–Crippen LogP) is 2.30. The normalized spacial score (nSPS) is 10.5. The SMILES string of the molecule is CCNc1ncnc(SCC(=O)OC)c1C(C)C. The topological polar surface area (TPSA) is 64.1 Å². The Morgan fingerprint density at radius 2 is 2.22 bits per heavy atom. The third kappa shape index (κ3) is 3.87. The lowest BCUT2D eigenvalue weighted by atomic mass is 10.1. The summed E-state index contributed by atoms with van der Waals surface area (Å²) >= 11 is 1.38. The third-order valence-electron chi connectivity index (χ3n) is 2.32. The summed E-state index contributed by atoms with van der Waals surface area (Å²) in [5.41, 5.74) is 1.05. The highest BCUT2D eigenvalue weighted by Crippen LogP contribution is 2.31. The van der Waals surface area contributed by atoms with E-state index < -0.39 is 0 Å². The predicted molar refractivity (Wildman–Crippen MR) is 73.0 cm³/mol. The number of esters is 1. The van der Waals surface area contributed by atoms with Gasteiger partial charge in [-0.3, -0.25) is 4.79 Å². The van der Waals surface area contributed by atoms with E-state index in [1.54, 1.807) is 0 Å². The van der Waals surface area contributed by atoms with Crippen molar-refractivity contribution in [3.8, 4) is 0 Å². The van der Waals surface area contributed by atoms with E-state index in [2.05, 4.69) is 33.9 Å². The van der Waals surface area contributed by atoms with Gasteiger partial charge in [0.1, 0.15) is 17.2 Å². The van der Waals surface area contributed by atoms with Gasteiger partial charge >= 0.3 is 5.97 Å². The summed E-state index contributed by atoms with van der Waals surface area (Å²) in [6.07, 6.45) is 1.52. The standard InChI is InChI=1S/C12H19N3O2S/c1-5-13-11-10(8(2)3)12(15-7-14-11)18-6-9(16)17-4/h7-8H,5-6H2,1-4H3,(H,13,14,15). The van der Waals surface area contributed by atoms with Crippen molar-refractivity contribution in [2.75, 3.05) is 24.7 Å². The minimum absolute atomic E-state index is 0.252. The van der Waals surface area contributed by atoms with E-state index in [4.69, 9.17) is 0 Å². The Morgan fingerprint density at radius 1 is 1.50 bits per heavy atom. The second-order valence-electron chi connectivity index (χ2n) is 3.99. The Labute approximate surface area is 112 Å². The molecule has 1 aromatic heterocycles. The fourth-order valence-corrected chi connectivity index (χ4v) is 2.49. The van der Waals surface area contributed by atoms with Crippen molar-refractivity contribution in [3.05, 3.63) is 11.9 Å². The molecule has 0 aliphatic carbocycles. The summed E-state index contributed by atoms with van der Waals surface area (Å²) in [5, 5.41) is 4.05. The quantitative estimate of drug-likeness (QED) is 0.485. The number of rotatable bonds is 6. The number of hydrogen-bond donors (Lipinski definition) is 1. The number of carbonyl (C=O) groups excluding carboxylic acids is 1. The van der Waals surface area contributed by atoms with E-state index in [0.717, 1.165) is 23.0 Å². The van der Waals surface area contributed by atoms with E-state index >= 15 is 0 Å². The lowest BCUT2D eigenvalue weighted by Gasteiger charge is -2.15. The van der Waals surface area contributed by atoms with Crippen molar-refractivity contribution < 1.29 is 9.53 Å². The van der Waals surface area contributed by atoms with E-state index in [1.165, 1.54) is 25.2 Å². The summed E-state index contributed by atoms with van der Waals surface area (Å²) in [4.78, 5) is 19.7. The molecular weight excluding hydrogens is 250 g/mol. The van der Waals surface area contributed by atoms with Crippen LogP contribution in [0.25, 0.3) is 0 Å². The minimum atomic E-state index is -0.252. The van der Waals surface area contributed by atoms with Crippen molar-refractivity contribution in [2.24, 2.45) is 0 Å². The largest absolute Gasteiger partial charge is 0.468 e. The molecule has 5 nitrogen and oxygen atoms in total. The van der Waals surface area contributed by atoms with Gasteiger partial charge in [0, 0.05) is 12.1 Å². The second kappa shape index (κ2) is 7.20. The molecule has 6 heteroatoms. The van der Waals surface area contributed by atoms with Crippen LogP contribution in [-0.2, 0) is 9.53 Å². The van der Waals surface area contributed by atoms with Crippen LogP contribution in [0, 0.1) is 0 Å². The number of thioether (sulfide) groups is 1. The molecule has 0 unspecified atom stereocenters. The van der Waals surface area contributed by atoms with Gasteiger partial charge in [-0.1, -0.05) is 25.6 Å². The average Bonchev–Trinajstić information content (AvgIpc) is 2.36. The Morgan fingerprint density at radius 3 is 2.78 bits per heavy atom. The number of nitrogens with zero attached hydrogens (tertiary/aromatic N) is 2. The van der Waals surface area contributed by atoms with Crippen LogP contribution >= 0.6 is 11.8 Å². The maximum atomic E-state index is 11.2. The van der Waals surface area contributed by atoms with Crippen molar-refractivity contribution in [1.29, 1.82) is 0 Å². The second-order valence-corrected chi connectivity index (χ2v) is 4.95. The van der Waals surface area contributed by atoms with Crippen LogP contribution < -0.4 is 5.32 Å². The molecule has 0 saturated heterocycles. The number of aromatic nitrogens is 2. The van der Waals surface area contributed by atoms with Gasteiger partial charge in [0.05, 0.1) is 12.9 Å². The number of ether oxygens (including phenoxy) is 1. The smallest absolute Gasteiger partial charge is 0.316 e. The Hall–Kier alpha value is -1.30.